The number of aromatic nitrogens is 4. The predicted octanol–water partition coefficient (Wildman–Crippen LogP) is 1.04. The smallest absolute Gasteiger partial charge is 0.197 e. The molecule has 0 amide bonds. The van der Waals surface area contributed by atoms with Gasteiger partial charge in [-0.1, -0.05) is 6.92 Å². The Morgan fingerprint density at radius 2 is 1.81 bits per heavy atom. The molecule has 0 spiro atoms. The lowest BCUT2D eigenvalue weighted by molar-refractivity contribution is 0.708. The first-order valence-electron chi connectivity index (χ1n) is 5.20. The molecule has 5 heteroatoms. The molecule has 0 saturated carbocycles. The van der Waals surface area contributed by atoms with Crippen molar-refractivity contribution in [1.82, 2.24) is 25.3 Å². The van der Waals surface area contributed by atoms with Crippen molar-refractivity contribution in [2.45, 2.75) is 13.5 Å². The van der Waals surface area contributed by atoms with E-state index in [2.05, 4.69) is 32.2 Å². The highest BCUT2D eigenvalue weighted by Crippen LogP contribution is 2.07. The Labute approximate surface area is 94.0 Å². The van der Waals surface area contributed by atoms with Crippen LogP contribution in [0.15, 0.2) is 30.7 Å². The third kappa shape index (κ3) is 2.58. The highest BCUT2D eigenvalue weighted by Gasteiger charge is 2.03. The molecule has 0 bridgehead atoms. The molecule has 0 atom stereocenters. The van der Waals surface area contributed by atoms with Crippen molar-refractivity contribution in [3.63, 3.8) is 0 Å². The van der Waals surface area contributed by atoms with Crippen molar-refractivity contribution in [3.05, 3.63) is 36.4 Å². The summed E-state index contributed by atoms with van der Waals surface area (Å²) in [5, 5.41) is 3.21. The molecule has 0 saturated heterocycles. The van der Waals surface area contributed by atoms with Crippen molar-refractivity contribution in [2.24, 2.45) is 0 Å². The molecule has 0 unspecified atom stereocenters. The monoisotopic (exact) mass is 215 g/mol. The third-order valence-corrected chi connectivity index (χ3v) is 2.04. The third-order valence-electron chi connectivity index (χ3n) is 2.04. The zero-order chi connectivity index (χ0) is 11.2. The first kappa shape index (κ1) is 10.6. The summed E-state index contributed by atoms with van der Waals surface area (Å²) in [6.45, 7) is 3.71. The van der Waals surface area contributed by atoms with Gasteiger partial charge in [0.1, 0.15) is 0 Å². The van der Waals surface area contributed by atoms with Gasteiger partial charge in [-0.2, -0.15) is 0 Å². The second kappa shape index (κ2) is 5.27. The van der Waals surface area contributed by atoms with E-state index in [1.165, 1.54) is 0 Å². The zero-order valence-electron chi connectivity index (χ0n) is 9.09. The molecule has 2 rings (SSSR count). The van der Waals surface area contributed by atoms with Gasteiger partial charge in [0.2, 0.25) is 0 Å². The number of rotatable bonds is 4. The van der Waals surface area contributed by atoms with E-state index in [1.807, 2.05) is 6.07 Å². The molecular weight excluding hydrogens is 202 g/mol. The lowest BCUT2D eigenvalue weighted by Gasteiger charge is -2.02. The first-order chi connectivity index (χ1) is 7.90. The minimum absolute atomic E-state index is 0.556. The van der Waals surface area contributed by atoms with Gasteiger partial charge in [-0.25, -0.2) is 19.9 Å². The van der Waals surface area contributed by atoms with Gasteiger partial charge in [-0.3, -0.25) is 0 Å². The van der Waals surface area contributed by atoms with Crippen molar-refractivity contribution in [1.29, 1.82) is 0 Å². The van der Waals surface area contributed by atoms with Gasteiger partial charge in [0.15, 0.2) is 11.6 Å². The summed E-state index contributed by atoms with van der Waals surface area (Å²) in [6.07, 6.45) is 5.09. The molecular formula is C11H13N5. The van der Waals surface area contributed by atoms with Crippen molar-refractivity contribution in [2.75, 3.05) is 6.54 Å². The topological polar surface area (TPSA) is 63.6 Å². The largest absolute Gasteiger partial charge is 0.311 e. The number of hydrogen-bond donors (Lipinski definition) is 1. The van der Waals surface area contributed by atoms with Crippen molar-refractivity contribution < 1.29 is 0 Å². The van der Waals surface area contributed by atoms with E-state index < -0.39 is 0 Å². The molecule has 0 aliphatic heterocycles. The summed E-state index contributed by atoms with van der Waals surface area (Å²) < 4.78 is 0. The summed E-state index contributed by atoms with van der Waals surface area (Å²) in [4.78, 5) is 16.8. The Hall–Kier alpha value is -1.88. The van der Waals surface area contributed by atoms with Crippen LogP contribution in [0.5, 0.6) is 0 Å². The Balaban J connectivity index is 2.22. The maximum Gasteiger partial charge on any atom is 0.197 e. The minimum atomic E-state index is 0.556. The van der Waals surface area contributed by atoms with Crippen LogP contribution in [-0.4, -0.2) is 26.5 Å². The standard InChI is InChI=1S/C11H13N5/c1-2-12-8-9-4-7-15-11(16-9)10-13-5-3-6-14-10/h3-7,12H,2,8H2,1H3. The highest BCUT2D eigenvalue weighted by atomic mass is 15.0. The fourth-order valence-corrected chi connectivity index (χ4v) is 1.27. The molecule has 0 aromatic carbocycles. The molecule has 82 valence electrons. The average Bonchev–Trinajstić information content (AvgIpc) is 2.38. The second-order valence-electron chi connectivity index (χ2n) is 3.22. The Kier molecular flexibility index (Phi) is 3.50. The van der Waals surface area contributed by atoms with Crippen LogP contribution >= 0.6 is 0 Å². The van der Waals surface area contributed by atoms with E-state index in [-0.39, 0.29) is 0 Å². The minimum Gasteiger partial charge on any atom is -0.311 e. The number of nitrogens with one attached hydrogen (secondary N) is 1. The van der Waals surface area contributed by atoms with Crippen LogP contribution in [0.2, 0.25) is 0 Å². The van der Waals surface area contributed by atoms with Crippen LogP contribution in [0.4, 0.5) is 0 Å². The summed E-state index contributed by atoms with van der Waals surface area (Å²) in [5.74, 6) is 1.12. The predicted molar refractivity (Wildman–Crippen MR) is 60.4 cm³/mol. The van der Waals surface area contributed by atoms with Crippen LogP contribution in [0.1, 0.15) is 12.6 Å². The highest BCUT2D eigenvalue weighted by molar-refractivity contribution is 5.41. The van der Waals surface area contributed by atoms with Crippen LogP contribution in [0.25, 0.3) is 11.6 Å². The average molecular weight is 215 g/mol. The summed E-state index contributed by atoms with van der Waals surface area (Å²) in [5.41, 5.74) is 0.944. The molecule has 0 fully saturated rings. The normalized spacial score (nSPS) is 10.3. The van der Waals surface area contributed by atoms with E-state index in [1.54, 1.807) is 24.7 Å². The van der Waals surface area contributed by atoms with E-state index in [9.17, 15) is 0 Å². The fourth-order valence-electron chi connectivity index (χ4n) is 1.27. The SMILES string of the molecule is CCNCc1ccnc(-c2ncccn2)n1. The van der Waals surface area contributed by atoms with Gasteiger partial charge >= 0.3 is 0 Å². The molecule has 1 N–H and O–H groups in total. The van der Waals surface area contributed by atoms with Crippen molar-refractivity contribution in [3.8, 4) is 11.6 Å². The summed E-state index contributed by atoms with van der Waals surface area (Å²) in [6, 6.07) is 3.65. The van der Waals surface area contributed by atoms with Gasteiger partial charge < -0.3 is 5.32 Å². The molecule has 0 aliphatic carbocycles. The van der Waals surface area contributed by atoms with Gasteiger partial charge in [0.25, 0.3) is 0 Å². The van der Waals surface area contributed by atoms with Crippen LogP contribution in [0, 0.1) is 0 Å². The Morgan fingerprint density at radius 1 is 1.06 bits per heavy atom. The van der Waals surface area contributed by atoms with Crippen LogP contribution in [-0.2, 0) is 6.54 Å². The van der Waals surface area contributed by atoms with E-state index in [4.69, 9.17) is 0 Å². The summed E-state index contributed by atoms with van der Waals surface area (Å²) in [7, 11) is 0. The molecule has 2 heterocycles. The fraction of sp³-hybridized carbons (Fsp3) is 0.273. The molecule has 2 aromatic heterocycles. The van der Waals surface area contributed by atoms with Crippen LogP contribution in [0.3, 0.4) is 0 Å². The maximum absolute atomic E-state index is 4.38. The Morgan fingerprint density at radius 3 is 2.56 bits per heavy atom. The van der Waals surface area contributed by atoms with E-state index in [0.717, 1.165) is 18.8 Å². The van der Waals surface area contributed by atoms with Gasteiger partial charge in [0.05, 0.1) is 5.69 Å². The molecule has 16 heavy (non-hydrogen) atoms. The molecule has 0 radical (unpaired) electrons. The van der Waals surface area contributed by atoms with Gasteiger partial charge in [-0.15, -0.1) is 0 Å². The Bertz CT molecular complexity index is 443. The van der Waals surface area contributed by atoms with Crippen LogP contribution < -0.4 is 5.32 Å². The maximum atomic E-state index is 4.38. The van der Waals surface area contributed by atoms with E-state index in [0.29, 0.717) is 11.6 Å². The molecule has 5 nitrogen and oxygen atoms in total. The van der Waals surface area contributed by atoms with Gasteiger partial charge in [0, 0.05) is 25.1 Å². The number of nitrogens with zero attached hydrogens (tertiary/aromatic N) is 4. The quantitative estimate of drug-likeness (QED) is 0.825. The first-order valence-corrected chi connectivity index (χ1v) is 5.20. The lowest BCUT2D eigenvalue weighted by atomic mass is 10.4. The van der Waals surface area contributed by atoms with E-state index >= 15 is 0 Å². The van der Waals surface area contributed by atoms with Crippen molar-refractivity contribution >= 4 is 0 Å². The van der Waals surface area contributed by atoms with Gasteiger partial charge in [-0.05, 0) is 18.7 Å². The number of hydrogen-bond acceptors (Lipinski definition) is 5. The molecule has 0 aliphatic rings. The summed E-state index contributed by atoms with van der Waals surface area (Å²) >= 11 is 0. The zero-order valence-corrected chi connectivity index (χ0v) is 9.09. The lowest BCUT2D eigenvalue weighted by Crippen LogP contribution is -2.13. The molecule has 2 aromatic rings. The second-order valence-corrected chi connectivity index (χ2v) is 3.22.